The van der Waals surface area contributed by atoms with Crippen molar-refractivity contribution in [1.82, 2.24) is 0 Å². The minimum atomic E-state index is -0.797. The highest BCUT2D eigenvalue weighted by atomic mass is 16.6. The SMILES string of the molecule is CC/C=C\C/C=C\C/C=C\C/C=C\C/C=C\C/C=C\CCCCCCCCCCC(=O)OCC(COC(=O)CCCCCCC/C=C\CCCCCC)OC(=O)CCCCCCCC/C=C\C/C=C\C/C=C\CCCCCCC. The summed E-state index contributed by atoms with van der Waals surface area (Å²) in [5, 5.41) is 0. The van der Waals surface area contributed by atoms with Crippen molar-refractivity contribution in [2.75, 3.05) is 13.2 Å². The summed E-state index contributed by atoms with van der Waals surface area (Å²) in [5.74, 6) is -0.915. The van der Waals surface area contributed by atoms with Gasteiger partial charge >= 0.3 is 17.9 Å². The molecule has 450 valence electrons. The van der Waals surface area contributed by atoms with Crippen molar-refractivity contribution in [3.05, 3.63) is 122 Å². The van der Waals surface area contributed by atoms with Crippen molar-refractivity contribution in [3.8, 4) is 0 Å². The molecule has 0 aliphatic carbocycles. The van der Waals surface area contributed by atoms with Gasteiger partial charge in [-0.3, -0.25) is 14.4 Å². The fourth-order valence-corrected chi connectivity index (χ4v) is 8.98. The third-order valence-electron chi connectivity index (χ3n) is 13.9. The zero-order valence-corrected chi connectivity index (χ0v) is 51.6. The van der Waals surface area contributed by atoms with Gasteiger partial charge in [0.1, 0.15) is 13.2 Å². The van der Waals surface area contributed by atoms with E-state index in [9.17, 15) is 14.4 Å². The zero-order chi connectivity index (χ0) is 57.1. The molecular weight excluding hydrogens is 973 g/mol. The number of ether oxygens (including phenoxy) is 3. The molecule has 0 aliphatic rings. The topological polar surface area (TPSA) is 78.9 Å². The van der Waals surface area contributed by atoms with Gasteiger partial charge in [-0.05, 0) is 135 Å². The third-order valence-corrected chi connectivity index (χ3v) is 13.9. The van der Waals surface area contributed by atoms with Crippen LogP contribution in [0, 0.1) is 0 Å². The third kappa shape index (κ3) is 64.5. The van der Waals surface area contributed by atoms with Gasteiger partial charge in [-0.25, -0.2) is 0 Å². The molecule has 0 radical (unpaired) electrons. The van der Waals surface area contributed by atoms with Gasteiger partial charge in [-0.15, -0.1) is 0 Å². The van der Waals surface area contributed by atoms with Crippen molar-refractivity contribution >= 4 is 17.9 Å². The lowest BCUT2D eigenvalue weighted by Gasteiger charge is -2.18. The highest BCUT2D eigenvalue weighted by Crippen LogP contribution is 2.15. The number of esters is 3. The molecular formula is C73H122O6. The highest BCUT2D eigenvalue weighted by Gasteiger charge is 2.19. The predicted molar refractivity (Wildman–Crippen MR) is 343 cm³/mol. The molecule has 1 unspecified atom stereocenters. The molecule has 0 N–H and O–H groups in total. The van der Waals surface area contributed by atoms with Gasteiger partial charge in [0, 0.05) is 19.3 Å². The first-order valence-corrected chi connectivity index (χ1v) is 33.0. The molecule has 0 saturated carbocycles. The van der Waals surface area contributed by atoms with Gasteiger partial charge in [0.2, 0.25) is 0 Å². The van der Waals surface area contributed by atoms with Crippen LogP contribution in [0.3, 0.4) is 0 Å². The van der Waals surface area contributed by atoms with E-state index >= 15 is 0 Å². The Hall–Kier alpha value is -4.19. The minimum Gasteiger partial charge on any atom is -0.462 e. The molecule has 0 amide bonds. The van der Waals surface area contributed by atoms with E-state index in [1.54, 1.807) is 0 Å². The van der Waals surface area contributed by atoms with Crippen molar-refractivity contribution in [3.63, 3.8) is 0 Å². The molecule has 6 nitrogen and oxygen atoms in total. The summed E-state index contributed by atoms with van der Waals surface area (Å²) in [7, 11) is 0. The van der Waals surface area contributed by atoms with E-state index in [1.165, 1.54) is 128 Å². The average Bonchev–Trinajstić information content (AvgIpc) is 3.45. The summed E-state index contributed by atoms with van der Waals surface area (Å²) in [6.45, 7) is 6.49. The lowest BCUT2D eigenvalue weighted by Crippen LogP contribution is -2.30. The number of rotatable bonds is 59. The van der Waals surface area contributed by atoms with Crippen LogP contribution in [0.1, 0.15) is 303 Å². The Balaban J connectivity index is 4.38. The van der Waals surface area contributed by atoms with Crippen LogP contribution in [0.4, 0.5) is 0 Å². The van der Waals surface area contributed by atoms with Gasteiger partial charge in [-0.2, -0.15) is 0 Å². The first-order chi connectivity index (χ1) is 39.0. The van der Waals surface area contributed by atoms with Gasteiger partial charge in [0.15, 0.2) is 6.10 Å². The Bertz CT molecular complexity index is 1640. The summed E-state index contributed by atoms with van der Waals surface area (Å²) >= 11 is 0. The second-order valence-corrected chi connectivity index (χ2v) is 21.6. The molecule has 0 heterocycles. The molecule has 0 saturated heterocycles. The maximum atomic E-state index is 12.9. The van der Waals surface area contributed by atoms with Crippen molar-refractivity contribution in [2.45, 2.75) is 309 Å². The second kappa shape index (κ2) is 66.3. The molecule has 0 aromatic rings. The average molecular weight is 1100 g/mol. The number of carbonyl (C=O) groups is 3. The van der Waals surface area contributed by atoms with E-state index in [0.717, 1.165) is 135 Å². The summed E-state index contributed by atoms with van der Waals surface area (Å²) in [6.07, 6.45) is 92.0. The lowest BCUT2D eigenvalue weighted by molar-refractivity contribution is -0.167. The molecule has 79 heavy (non-hydrogen) atoms. The van der Waals surface area contributed by atoms with E-state index in [4.69, 9.17) is 14.2 Å². The molecule has 0 aromatic heterocycles. The van der Waals surface area contributed by atoms with Gasteiger partial charge in [0.05, 0.1) is 0 Å². The molecule has 6 heteroatoms. The van der Waals surface area contributed by atoms with Crippen LogP contribution >= 0.6 is 0 Å². The lowest BCUT2D eigenvalue weighted by atomic mass is 10.1. The maximum Gasteiger partial charge on any atom is 0.306 e. The Labute approximate surface area is 488 Å². The summed E-state index contributed by atoms with van der Waals surface area (Å²) < 4.78 is 16.9. The van der Waals surface area contributed by atoms with E-state index < -0.39 is 6.10 Å². The van der Waals surface area contributed by atoms with Crippen molar-refractivity contribution < 1.29 is 28.6 Å². The maximum absolute atomic E-state index is 12.9. The van der Waals surface area contributed by atoms with Gasteiger partial charge < -0.3 is 14.2 Å². The monoisotopic (exact) mass is 1090 g/mol. The zero-order valence-electron chi connectivity index (χ0n) is 51.6. The molecule has 0 aliphatic heterocycles. The number of unbranched alkanes of at least 4 members (excludes halogenated alkanes) is 28. The smallest absolute Gasteiger partial charge is 0.306 e. The Morgan fingerprint density at radius 3 is 0.797 bits per heavy atom. The van der Waals surface area contributed by atoms with Crippen LogP contribution in [0.15, 0.2) is 122 Å². The van der Waals surface area contributed by atoms with Crippen LogP contribution in [-0.2, 0) is 28.6 Å². The Morgan fingerprint density at radius 1 is 0.266 bits per heavy atom. The Morgan fingerprint density at radius 2 is 0.494 bits per heavy atom. The van der Waals surface area contributed by atoms with E-state index in [1.807, 2.05) is 0 Å². The normalized spacial score (nSPS) is 12.9. The van der Waals surface area contributed by atoms with Crippen molar-refractivity contribution in [2.24, 2.45) is 0 Å². The van der Waals surface area contributed by atoms with E-state index in [-0.39, 0.29) is 31.1 Å². The van der Waals surface area contributed by atoms with Crippen LogP contribution < -0.4 is 0 Å². The molecule has 0 bridgehead atoms. The largest absolute Gasteiger partial charge is 0.462 e. The summed E-state index contributed by atoms with van der Waals surface area (Å²) in [4.78, 5) is 38.3. The number of hydrogen-bond donors (Lipinski definition) is 0. The van der Waals surface area contributed by atoms with Gasteiger partial charge in [0.25, 0.3) is 0 Å². The van der Waals surface area contributed by atoms with Crippen LogP contribution in [-0.4, -0.2) is 37.2 Å². The molecule has 0 fully saturated rings. The van der Waals surface area contributed by atoms with Crippen LogP contribution in [0.5, 0.6) is 0 Å². The molecule has 0 aromatic carbocycles. The first kappa shape index (κ1) is 74.8. The standard InChI is InChI=1S/C73H122O6/c1-4-7-10-13-16-19-22-25-27-29-31-33-34-35-36-37-38-40-41-43-45-48-51-54-57-60-63-66-72(75)78-69-70(68-77-71(74)65-62-59-56-53-50-47-24-21-18-15-12-9-6-3)79-73(76)67-64-61-58-55-52-49-46-44-42-39-32-30-28-26-23-20-17-14-11-8-5-2/h7,10,16,19,21,23-27,30-33,35-36,38,40,42,44,70H,4-6,8-9,11-15,17-18,20,22,28-29,34,37,39,41,43,45-69H2,1-3H3/b10-7-,19-16-,24-21-,26-23-,27-25-,32-30-,33-31-,36-35-,40-38-,44-42-. The minimum absolute atomic E-state index is 0.0919. The fraction of sp³-hybridized carbons (Fsp3) is 0.685. The number of hydrogen-bond acceptors (Lipinski definition) is 6. The predicted octanol–water partition coefficient (Wildman–Crippen LogP) is 22.8. The van der Waals surface area contributed by atoms with Crippen LogP contribution in [0.25, 0.3) is 0 Å². The van der Waals surface area contributed by atoms with Crippen molar-refractivity contribution in [1.29, 1.82) is 0 Å². The molecule has 1 atom stereocenters. The first-order valence-electron chi connectivity index (χ1n) is 33.0. The molecule has 0 spiro atoms. The second-order valence-electron chi connectivity index (χ2n) is 21.6. The fourth-order valence-electron chi connectivity index (χ4n) is 8.98. The Kier molecular flexibility index (Phi) is 62.8. The summed E-state index contributed by atoms with van der Waals surface area (Å²) in [6, 6.07) is 0. The quantitative estimate of drug-likeness (QED) is 0.0261. The molecule has 0 rings (SSSR count). The number of allylic oxidation sites excluding steroid dienone is 20. The van der Waals surface area contributed by atoms with E-state index in [0.29, 0.717) is 19.3 Å². The van der Waals surface area contributed by atoms with Gasteiger partial charge in [-0.1, -0.05) is 271 Å². The number of carbonyl (C=O) groups excluding carboxylic acids is 3. The van der Waals surface area contributed by atoms with Crippen LogP contribution in [0.2, 0.25) is 0 Å². The van der Waals surface area contributed by atoms with E-state index in [2.05, 4.69) is 142 Å². The summed E-state index contributed by atoms with van der Waals surface area (Å²) in [5.41, 5.74) is 0. The highest BCUT2D eigenvalue weighted by molar-refractivity contribution is 5.71.